The highest BCUT2D eigenvalue weighted by Gasteiger charge is 2.04. The Bertz CT molecular complexity index is 290. The largest absolute Gasteiger partial charge is 0.469 e. The molecule has 0 aliphatic heterocycles. The predicted molar refractivity (Wildman–Crippen MR) is 66.7 cm³/mol. The first-order valence-electron chi connectivity index (χ1n) is 6.51. The van der Waals surface area contributed by atoms with Gasteiger partial charge in [0.2, 0.25) is 0 Å². The fourth-order valence-corrected chi connectivity index (χ4v) is 1.64. The number of hydrogen-bond donors (Lipinski definition) is 0. The highest BCUT2D eigenvalue weighted by molar-refractivity contribution is 5.69. The Balaban J connectivity index is 1.94. The average Bonchev–Trinajstić information content (AvgIpc) is 2.84. The van der Waals surface area contributed by atoms with Crippen molar-refractivity contribution in [1.29, 1.82) is 0 Å². The van der Waals surface area contributed by atoms with E-state index < -0.39 is 0 Å². The molecule has 1 aromatic rings. The third-order valence-corrected chi connectivity index (χ3v) is 2.67. The minimum absolute atomic E-state index is 0.128. The van der Waals surface area contributed by atoms with Crippen molar-refractivity contribution in [3.05, 3.63) is 24.2 Å². The van der Waals surface area contributed by atoms with Crippen LogP contribution in [0.5, 0.6) is 0 Å². The van der Waals surface area contributed by atoms with E-state index in [1.54, 1.807) is 6.26 Å². The van der Waals surface area contributed by atoms with Crippen LogP contribution >= 0.6 is 0 Å². The molecule has 3 heteroatoms. The molecule has 0 bridgehead atoms. The molecule has 0 aliphatic rings. The minimum Gasteiger partial charge on any atom is -0.469 e. The van der Waals surface area contributed by atoms with Gasteiger partial charge in [0.05, 0.1) is 19.3 Å². The maximum Gasteiger partial charge on any atom is 0.306 e. The van der Waals surface area contributed by atoms with Gasteiger partial charge >= 0.3 is 5.97 Å². The van der Waals surface area contributed by atoms with Crippen LogP contribution in [0.15, 0.2) is 22.8 Å². The van der Waals surface area contributed by atoms with E-state index in [4.69, 9.17) is 9.15 Å². The van der Waals surface area contributed by atoms with Gasteiger partial charge in [0, 0.05) is 6.42 Å². The first kappa shape index (κ1) is 13.8. The molecule has 0 saturated heterocycles. The summed E-state index contributed by atoms with van der Waals surface area (Å²) in [7, 11) is 0. The van der Waals surface area contributed by atoms with E-state index in [1.165, 1.54) is 19.3 Å². The van der Waals surface area contributed by atoms with Crippen molar-refractivity contribution in [2.75, 3.05) is 6.61 Å². The van der Waals surface area contributed by atoms with Crippen molar-refractivity contribution >= 4 is 5.97 Å². The lowest BCUT2D eigenvalue weighted by Gasteiger charge is -2.03. The highest BCUT2D eigenvalue weighted by Crippen LogP contribution is 2.06. The van der Waals surface area contributed by atoms with Crippen LogP contribution in [0.25, 0.3) is 0 Å². The molecule has 0 fully saturated rings. The molecule has 0 radical (unpaired) electrons. The quantitative estimate of drug-likeness (QED) is 0.486. The number of carbonyl (C=O) groups is 1. The molecule has 0 aromatic carbocycles. The van der Waals surface area contributed by atoms with E-state index in [2.05, 4.69) is 6.92 Å². The monoisotopic (exact) mass is 238 g/mol. The van der Waals surface area contributed by atoms with Gasteiger partial charge in [-0.2, -0.15) is 0 Å². The fourth-order valence-electron chi connectivity index (χ4n) is 1.64. The molecule has 0 unspecified atom stereocenters. The Morgan fingerprint density at radius 3 is 2.82 bits per heavy atom. The summed E-state index contributed by atoms with van der Waals surface area (Å²) in [5, 5.41) is 0. The summed E-state index contributed by atoms with van der Waals surface area (Å²) in [6.45, 7) is 2.75. The van der Waals surface area contributed by atoms with Crippen molar-refractivity contribution in [3.8, 4) is 0 Å². The number of furan rings is 1. The average molecular weight is 238 g/mol. The van der Waals surface area contributed by atoms with Crippen LogP contribution in [0, 0.1) is 0 Å². The van der Waals surface area contributed by atoms with Gasteiger partial charge in [-0.25, -0.2) is 0 Å². The lowest BCUT2D eigenvalue weighted by atomic mass is 10.2. The molecular formula is C14H22O3. The van der Waals surface area contributed by atoms with E-state index in [0.29, 0.717) is 19.4 Å². The van der Waals surface area contributed by atoms with Crippen LogP contribution in [-0.4, -0.2) is 12.6 Å². The van der Waals surface area contributed by atoms with Gasteiger partial charge in [-0.15, -0.1) is 0 Å². The van der Waals surface area contributed by atoms with E-state index >= 15 is 0 Å². The minimum atomic E-state index is -0.128. The summed E-state index contributed by atoms with van der Waals surface area (Å²) < 4.78 is 10.3. The number of ether oxygens (including phenoxy) is 1. The third-order valence-electron chi connectivity index (χ3n) is 2.67. The second-order valence-corrected chi connectivity index (χ2v) is 4.21. The van der Waals surface area contributed by atoms with E-state index in [1.807, 2.05) is 12.1 Å². The fraction of sp³-hybridized carbons (Fsp3) is 0.643. The highest BCUT2D eigenvalue weighted by atomic mass is 16.5. The summed E-state index contributed by atoms with van der Waals surface area (Å²) in [5.74, 6) is 0.710. The summed E-state index contributed by atoms with van der Waals surface area (Å²) in [4.78, 5) is 11.4. The van der Waals surface area contributed by atoms with Crippen LogP contribution in [-0.2, 0) is 16.0 Å². The zero-order valence-corrected chi connectivity index (χ0v) is 10.6. The zero-order valence-electron chi connectivity index (χ0n) is 10.6. The van der Waals surface area contributed by atoms with E-state index in [0.717, 1.165) is 18.6 Å². The molecule has 1 aromatic heterocycles. The standard InChI is InChI=1S/C14H22O3/c1-2-3-4-5-6-11-17-14(15)10-9-13-8-7-12-16-13/h7-8,12H,2-6,9-11H2,1H3. The van der Waals surface area contributed by atoms with Crippen molar-refractivity contribution < 1.29 is 13.9 Å². The molecule has 0 amide bonds. The Morgan fingerprint density at radius 2 is 2.12 bits per heavy atom. The lowest BCUT2D eigenvalue weighted by Crippen LogP contribution is -2.06. The molecule has 17 heavy (non-hydrogen) atoms. The van der Waals surface area contributed by atoms with Crippen molar-refractivity contribution in [2.24, 2.45) is 0 Å². The smallest absolute Gasteiger partial charge is 0.306 e. The second kappa shape index (κ2) is 8.85. The van der Waals surface area contributed by atoms with Gasteiger partial charge in [0.15, 0.2) is 0 Å². The number of hydrogen-bond acceptors (Lipinski definition) is 3. The Labute approximate surface area is 103 Å². The van der Waals surface area contributed by atoms with Gasteiger partial charge < -0.3 is 9.15 Å². The summed E-state index contributed by atoms with van der Waals surface area (Å²) in [6, 6.07) is 3.70. The number of rotatable bonds is 9. The first-order chi connectivity index (χ1) is 8.33. The summed E-state index contributed by atoms with van der Waals surface area (Å²) in [6.07, 6.45) is 8.53. The number of unbranched alkanes of at least 4 members (excludes halogenated alkanes) is 4. The zero-order chi connectivity index (χ0) is 12.3. The molecule has 0 saturated carbocycles. The van der Waals surface area contributed by atoms with E-state index in [9.17, 15) is 4.79 Å². The van der Waals surface area contributed by atoms with Crippen LogP contribution < -0.4 is 0 Å². The van der Waals surface area contributed by atoms with Gasteiger partial charge in [0.1, 0.15) is 5.76 Å². The molecular weight excluding hydrogens is 216 g/mol. The molecule has 96 valence electrons. The Hall–Kier alpha value is -1.25. The SMILES string of the molecule is CCCCCCCOC(=O)CCc1ccco1. The molecule has 0 aliphatic carbocycles. The molecule has 1 heterocycles. The van der Waals surface area contributed by atoms with E-state index in [-0.39, 0.29) is 5.97 Å². The van der Waals surface area contributed by atoms with Gasteiger partial charge in [-0.05, 0) is 18.6 Å². The molecule has 0 spiro atoms. The summed E-state index contributed by atoms with van der Waals surface area (Å²) >= 11 is 0. The van der Waals surface area contributed by atoms with Crippen LogP contribution in [0.2, 0.25) is 0 Å². The topological polar surface area (TPSA) is 39.4 Å². The van der Waals surface area contributed by atoms with Gasteiger partial charge in [-0.1, -0.05) is 32.6 Å². The first-order valence-corrected chi connectivity index (χ1v) is 6.51. The maximum absolute atomic E-state index is 11.4. The van der Waals surface area contributed by atoms with Crippen molar-refractivity contribution in [2.45, 2.75) is 51.9 Å². The Kier molecular flexibility index (Phi) is 7.19. The number of esters is 1. The van der Waals surface area contributed by atoms with Crippen molar-refractivity contribution in [3.63, 3.8) is 0 Å². The Morgan fingerprint density at radius 1 is 1.29 bits per heavy atom. The number of carbonyl (C=O) groups excluding carboxylic acids is 1. The van der Waals surface area contributed by atoms with Crippen molar-refractivity contribution in [1.82, 2.24) is 0 Å². The van der Waals surface area contributed by atoms with Crippen LogP contribution in [0.1, 0.15) is 51.2 Å². The third kappa shape index (κ3) is 6.82. The normalized spacial score (nSPS) is 10.4. The maximum atomic E-state index is 11.4. The molecule has 1 rings (SSSR count). The predicted octanol–water partition coefficient (Wildman–Crippen LogP) is 3.73. The second-order valence-electron chi connectivity index (χ2n) is 4.21. The number of aryl methyl sites for hydroxylation is 1. The summed E-state index contributed by atoms with van der Waals surface area (Å²) in [5.41, 5.74) is 0. The molecule has 3 nitrogen and oxygen atoms in total. The molecule has 0 N–H and O–H groups in total. The van der Waals surface area contributed by atoms with Gasteiger partial charge in [-0.3, -0.25) is 4.79 Å². The molecule has 0 atom stereocenters. The van der Waals surface area contributed by atoms with Crippen LogP contribution in [0.3, 0.4) is 0 Å². The lowest BCUT2D eigenvalue weighted by molar-refractivity contribution is -0.143. The van der Waals surface area contributed by atoms with Gasteiger partial charge in [0.25, 0.3) is 0 Å². The van der Waals surface area contributed by atoms with Crippen LogP contribution in [0.4, 0.5) is 0 Å².